The number of cyclic esters (lactones) is 1. The van der Waals surface area contributed by atoms with E-state index in [1.54, 1.807) is 25.6 Å². The van der Waals surface area contributed by atoms with Gasteiger partial charge in [0, 0.05) is 55.5 Å². The van der Waals surface area contributed by atoms with Crippen LogP contribution in [0.15, 0.2) is 41.2 Å². The minimum absolute atomic E-state index is 0.00599. The van der Waals surface area contributed by atoms with Gasteiger partial charge in [0.25, 0.3) is 0 Å². The Morgan fingerprint density at radius 2 is 1.87 bits per heavy atom. The minimum atomic E-state index is -1.06. The summed E-state index contributed by atoms with van der Waals surface area (Å²) < 4.78 is 23.4. The van der Waals surface area contributed by atoms with Crippen molar-refractivity contribution in [2.24, 2.45) is 33.6 Å². The van der Waals surface area contributed by atoms with Crippen LogP contribution in [0.1, 0.15) is 83.6 Å². The Labute approximate surface area is 271 Å². The molecule has 12 atom stereocenters. The molecule has 4 saturated carbocycles. The molecule has 0 aromatic carbocycles. The highest BCUT2D eigenvalue weighted by atomic mass is 16.7. The Hall–Kier alpha value is -2.21. The predicted octanol–water partition coefficient (Wildman–Crippen LogP) is 3.90. The zero-order chi connectivity index (χ0) is 32.3. The lowest BCUT2D eigenvalue weighted by Gasteiger charge is -2.66. The summed E-state index contributed by atoms with van der Waals surface area (Å²) in [6.45, 7) is 4.87. The fraction of sp³-hybridized carbons (Fsp3) is 0.750. The number of aliphatic imine (C=N–C) groups is 1. The van der Waals surface area contributed by atoms with E-state index in [2.05, 4.69) is 18.1 Å². The summed E-state index contributed by atoms with van der Waals surface area (Å²) >= 11 is 0. The Kier molecular flexibility index (Phi) is 8.46. The molecular weight excluding hydrogens is 588 g/mol. The maximum atomic E-state index is 12.8. The summed E-state index contributed by atoms with van der Waals surface area (Å²) in [5.74, 6) is -0.111. The second-order valence-electron chi connectivity index (χ2n) is 15.2. The van der Waals surface area contributed by atoms with Crippen LogP contribution in [0, 0.1) is 28.6 Å². The van der Waals surface area contributed by atoms with Crippen LogP contribution in [0.25, 0.3) is 0 Å². The number of aliphatic hydroxyl groups excluding tert-OH is 1. The molecule has 4 aliphatic carbocycles. The van der Waals surface area contributed by atoms with E-state index in [1.165, 1.54) is 0 Å². The monoisotopic (exact) mass is 638 g/mol. The SMILES string of the molecule is COC1CC(OC2CCC3(C=NCc4ccncc4)C4CCC5(C)C(C6=CC(=O)OC6)CCC5(O)C4CCC3(O)C2)OC(C)C1O. The lowest BCUT2D eigenvalue weighted by Crippen LogP contribution is -2.69. The first-order chi connectivity index (χ1) is 22.0. The van der Waals surface area contributed by atoms with Gasteiger partial charge < -0.3 is 34.3 Å². The minimum Gasteiger partial charge on any atom is -0.458 e. The number of pyridine rings is 1. The third-order valence-corrected chi connectivity index (χ3v) is 13.3. The average Bonchev–Trinajstić information content (AvgIpc) is 3.58. The smallest absolute Gasteiger partial charge is 0.331 e. The Balaban J connectivity index is 1.17. The second-order valence-corrected chi connectivity index (χ2v) is 15.2. The second kappa shape index (κ2) is 12.0. The number of rotatable bonds is 7. The molecule has 12 unspecified atom stereocenters. The molecule has 10 heteroatoms. The van der Waals surface area contributed by atoms with E-state index in [-0.39, 0.29) is 41.3 Å². The Bertz CT molecular complexity index is 1360. The van der Waals surface area contributed by atoms with Crippen LogP contribution in [0.5, 0.6) is 0 Å². The van der Waals surface area contributed by atoms with E-state index in [9.17, 15) is 20.1 Å². The van der Waals surface area contributed by atoms with Crippen molar-refractivity contribution >= 4 is 12.2 Å². The summed E-state index contributed by atoms with van der Waals surface area (Å²) in [4.78, 5) is 21.1. The summed E-state index contributed by atoms with van der Waals surface area (Å²) in [5, 5.41) is 36.0. The Morgan fingerprint density at radius 3 is 2.61 bits per heavy atom. The van der Waals surface area contributed by atoms with Gasteiger partial charge in [0.2, 0.25) is 0 Å². The van der Waals surface area contributed by atoms with Crippen LogP contribution in [0.4, 0.5) is 0 Å². The number of ether oxygens (including phenoxy) is 4. The summed E-state index contributed by atoms with van der Waals surface area (Å²) in [6, 6.07) is 3.93. The van der Waals surface area contributed by atoms with Gasteiger partial charge in [-0.3, -0.25) is 9.98 Å². The Morgan fingerprint density at radius 1 is 1.09 bits per heavy atom. The highest BCUT2D eigenvalue weighted by molar-refractivity contribution is 5.85. The van der Waals surface area contributed by atoms with Crippen molar-refractivity contribution in [3.05, 3.63) is 41.7 Å². The molecule has 1 aromatic heterocycles. The zero-order valence-electron chi connectivity index (χ0n) is 27.3. The fourth-order valence-electron chi connectivity index (χ4n) is 10.8. The average molecular weight is 639 g/mol. The van der Waals surface area contributed by atoms with Crippen LogP contribution in [-0.2, 0) is 30.3 Å². The lowest BCUT2D eigenvalue weighted by molar-refractivity contribution is -0.284. The lowest BCUT2D eigenvalue weighted by atomic mass is 9.41. The molecule has 7 rings (SSSR count). The van der Waals surface area contributed by atoms with Gasteiger partial charge in [-0.2, -0.15) is 0 Å². The van der Waals surface area contributed by atoms with Crippen LogP contribution in [0.3, 0.4) is 0 Å². The van der Waals surface area contributed by atoms with Crippen molar-refractivity contribution < 1.29 is 39.1 Å². The number of carbonyl (C=O) groups is 1. The highest BCUT2D eigenvalue weighted by Gasteiger charge is 2.71. The van der Waals surface area contributed by atoms with Crippen LogP contribution in [0.2, 0.25) is 0 Å². The number of nitrogens with zero attached hydrogens (tertiary/aromatic N) is 2. The van der Waals surface area contributed by atoms with Gasteiger partial charge in [-0.15, -0.1) is 0 Å². The van der Waals surface area contributed by atoms with Gasteiger partial charge >= 0.3 is 5.97 Å². The summed E-state index contributed by atoms with van der Waals surface area (Å²) in [6.07, 6.45) is 11.8. The largest absolute Gasteiger partial charge is 0.458 e. The van der Waals surface area contributed by atoms with Crippen molar-refractivity contribution in [3.63, 3.8) is 0 Å². The molecular formula is C36H50N2O8. The quantitative estimate of drug-likeness (QED) is 0.231. The molecule has 3 N–H and O–H groups in total. The number of aliphatic hydroxyl groups is 3. The standard InChI is InChI=1S/C36H50N2O8/c1-22-32(40)29(43-3)17-31(45-22)46-25-4-11-34(21-38-19-23-8-14-37-15-9-23)27-5-10-33(2)26(24-16-30(39)44-20-24)7-13-36(33,42)28(27)6-12-35(34,41)18-25/h8-9,14-16,21-22,25-29,31-32,40-42H,4-7,10-13,17-20H2,1-3H3. The normalized spacial score (nSPS) is 47.2. The molecule has 1 saturated heterocycles. The predicted molar refractivity (Wildman–Crippen MR) is 169 cm³/mol. The van der Waals surface area contributed by atoms with Crippen molar-refractivity contribution in [1.29, 1.82) is 0 Å². The van der Waals surface area contributed by atoms with Gasteiger partial charge in [-0.25, -0.2) is 4.79 Å². The number of fused-ring (bicyclic) bond motifs is 5. The number of esters is 1. The van der Waals surface area contributed by atoms with E-state index in [1.807, 2.05) is 19.1 Å². The molecule has 10 nitrogen and oxygen atoms in total. The molecule has 252 valence electrons. The molecule has 0 spiro atoms. The molecule has 2 aliphatic heterocycles. The van der Waals surface area contributed by atoms with Crippen molar-refractivity contribution in [3.8, 4) is 0 Å². The topological polar surface area (TPSA) is 140 Å². The van der Waals surface area contributed by atoms with Crippen LogP contribution in [-0.4, -0.2) is 88.1 Å². The molecule has 0 radical (unpaired) electrons. The third-order valence-electron chi connectivity index (χ3n) is 13.3. The molecule has 5 fully saturated rings. The molecule has 3 heterocycles. The molecule has 6 aliphatic rings. The highest BCUT2D eigenvalue weighted by Crippen LogP contribution is 2.70. The number of carbonyl (C=O) groups excluding carboxylic acids is 1. The first-order valence-electron chi connectivity index (χ1n) is 17.3. The zero-order valence-corrected chi connectivity index (χ0v) is 27.3. The van der Waals surface area contributed by atoms with Gasteiger partial charge in [-0.05, 0) is 99.3 Å². The first kappa shape index (κ1) is 32.3. The number of hydrogen-bond acceptors (Lipinski definition) is 10. The van der Waals surface area contributed by atoms with Gasteiger partial charge in [0.05, 0.1) is 36.1 Å². The van der Waals surface area contributed by atoms with E-state index >= 15 is 0 Å². The summed E-state index contributed by atoms with van der Waals surface area (Å²) in [5.41, 5.74) is -0.871. The molecule has 1 aromatic rings. The maximum absolute atomic E-state index is 12.8. The third kappa shape index (κ3) is 5.10. The van der Waals surface area contributed by atoms with Crippen LogP contribution >= 0.6 is 0 Å². The summed E-state index contributed by atoms with van der Waals surface area (Å²) in [7, 11) is 1.60. The first-order valence-corrected chi connectivity index (χ1v) is 17.3. The van der Waals surface area contributed by atoms with Crippen LogP contribution < -0.4 is 0 Å². The van der Waals surface area contributed by atoms with Gasteiger partial charge in [-0.1, -0.05) is 6.92 Å². The van der Waals surface area contributed by atoms with Gasteiger partial charge in [0.15, 0.2) is 6.29 Å². The van der Waals surface area contributed by atoms with E-state index in [0.717, 1.165) is 43.2 Å². The molecule has 0 amide bonds. The van der Waals surface area contributed by atoms with Crippen molar-refractivity contribution in [2.75, 3.05) is 13.7 Å². The molecule has 0 bridgehead atoms. The maximum Gasteiger partial charge on any atom is 0.331 e. The van der Waals surface area contributed by atoms with E-state index in [4.69, 9.17) is 23.9 Å². The van der Waals surface area contributed by atoms with Crippen molar-refractivity contribution in [2.45, 2.75) is 127 Å². The number of hydrogen-bond donors (Lipinski definition) is 3. The number of aromatic nitrogens is 1. The van der Waals surface area contributed by atoms with Gasteiger partial charge in [0.1, 0.15) is 12.7 Å². The number of methoxy groups -OCH3 is 1. The van der Waals surface area contributed by atoms with Crippen molar-refractivity contribution in [1.82, 2.24) is 4.98 Å². The van der Waals surface area contributed by atoms with E-state index in [0.29, 0.717) is 45.3 Å². The fourth-order valence-corrected chi connectivity index (χ4v) is 10.8. The molecule has 46 heavy (non-hydrogen) atoms. The van der Waals surface area contributed by atoms with E-state index < -0.39 is 35.1 Å².